The maximum Gasteiger partial charge on any atom is 0.248 e. The van der Waals surface area contributed by atoms with Crippen molar-refractivity contribution < 1.29 is 0 Å². The summed E-state index contributed by atoms with van der Waals surface area (Å²) in [6.45, 7) is 4.25. The molecule has 0 aliphatic heterocycles. The first-order chi connectivity index (χ1) is 12.2. The van der Waals surface area contributed by atoms with Gasteiger partial charge in [0.15, 0.2) is 0 Å². The molecule has 2 aromatic carbocycles. The van der Waals surface area contributed by atoms with Crippen molar-refractivity contribution in [3.8, 4) is 16.8 Å². The zero-order valence-corrected chi connectivity index (χ0v) is 14.4. The molecule has 4 heteroatoms. The summed E-state index contributed by atoms with van der Waals surface area (Å²) in [4.78, 5) is 18.6. The summed E-state index contributed by atoms with van der Waals surface area (Å²) >= 11 is 0. The van der Waals surface area contributed by atoms with E-state index in [-0.39, 0.29) is 5.56 Å². The number of pyridine rings is 1. The highest BCUT2D eigenvalue weighted by atomic mass is 16.1. The first kappa shape index (κ1) is 16.7. The van der Waals surface area contributed by atoms with E-state index in [0.717, 1.165) is 27.8 Å². The zero-order valence-electron chi connectivity index (χ0n) is 14.4. The van der Waals surface area contributed by atoms with E-state index in [1.807, 2.05) is 60.9 Å². The van der Waals surface area contributed by atoms with Crippen LogP contribution in [0, 0.1) is 0 Å². The van der Waals surface area contributed by atoms with Crippen molar-refractivity contribution in [2.45, 2.75) is 20.3 Å². The molecule has 2 heterocycles. The Bertz CT molecular complexity index is 1020. The van der Waals surface area contributed by atoms with Gasteiger partial charge in [-0.15, -0.1) is 0 Å². The number of hydrogen-bond donors (Lipinski definition) is 1. The van der Waals surface area contributed by atoms with Crippen LogP contribution in [0.4, 0.5) is 0 Å². The Labute approximate surface area is 146 Å². The second-order valence-electron chi connectivity index (χ2n) is 5.80. The Kier molecular flexibility index (Phi) is 5.09. The lowest BCUT2D eigenvalue weighted by Crippen LogP contribution is -2.01. The van der Waals surface area contributed by atoms with Crippen LogP contribution in [0.25, 0.3) is 27.8 Å². The van der Waals surface area contributed by atoms with E-state index >= 15 is 0 Å². The standard InChI is InChI=1S/C18H13N3O.C3H8/c22-18-11-14(8-9-19-18)13-6-7-17-16(10-13)20-12-21(17)15-4-2-1-3-5-15;1-3-2/h1-12H,(H,19,22);3H2,1-2H3. The Balaban J connectivity index is 0.000000569. The number of hydrogen-bond acceptors (Lipinski definition) is 2. The first-order valence-electron chi connectivity index (χ1n) is 8.44. The lowest BCUT2D eigenvalue weighted by atomic mass is 10.1. The number of fused-ring (bicyclic) bond motifs is 1. The van der Waals surface area contributed by atoms with Crippen LogP contribution in [0.2, 0.25) is 0 Å². The smallest absolute Gasteiger partial charge is 0.248 e. The molecule has 0 fully saturated rings. The summed E-state index contributed by atoms with van der Waals surface area (Å²) in [5.74, 6) is 0. The lowest BCUT2D eigenvalue weighted by Gasteiger charge is -2.05. The number of rotatable bonds is 2. The predicted octanol–water partition coefficient (Wildman–Crippen LogP) is 4.80. The Morgan fingerprint density at radius 3 is 2.40 bits per heavy atom. The van der Waals surface area contributed by atoms with Crippen molar-refractivity contribution in [3.05, 3.63) is 83.5 Å². The van der Waals surface area contributed by atoms with E-state index in [1.54, 1.807) is 12.3 Å². The monoisotopic (exact) mass is 331 g/mol. The highest BCUT2D eigenvalue weighted by molar-refractivity contribution is 5.83. The summed E-state index contributed by atoms with van der Waals surface area (Å²) in [6.07, 6.45) is 4.73. The van der Waals surface area contributed by atoms with Gasteiger partial charge in [-0.3, -0.25) is 9.36 Å². The summed E-state index contributed by atoms with van der Waals surface area (Å²) < 4.78 is 2.05. The van der Waals surface area contributed by atoms with Gasteiger partial charge in [0, 0.05) is 18.0 Å². The van der Waals surface area contributed by atoms with Crippen molar-refractivity contribution >= 4 is 11.0 Å². The molecule has 0 unspecified atom stereocenters. The van der Waals surface area contributed by atoms with E-state index in [1.165, 1.54) is 6.42 Å². The fourth-order valence-corrected chi connectivity index (χ4v) is 2.61. The second kappa shape index (κ2) is 7.62. The highest BCUT2D eigenvalue weighted by Gasteiger charge is 2.06. The zero-order chi connectivity index (χ0) is 17.6. The van der Waals surface area contributed by atoms with Gasteiger partial charge in [-0.05, 0) is 41.5 Å². The predicted molar refractivity (Wildman–Crippen MR) is 103 cm³/mol. The molecule has 0 amide bonds. The first-order valence-corrected chi connectivity index (χ1v) is 8.44. The molecule has 1 N–H and O–H groups in total. The minimum atomic E-state index is -0.104. The van der Waals surface area contributed by atoms with Gasteiger partial charge in [0.25, 0.3) is 0 Å². The molecule has 0 atom stereocenters. The van der Waals surface area contributed by atoms with Crippen LogP contribution in [0.5, 0.6) is 0 Å². The van der Waals surface area contributed by atoms with Crippen LogP contribution in [0.3, 0.4) is 0 Å². The van der Waals surface area contributed by atoms with Gasteiger partial charge in [-0.1, -0.05) is 44.5 Å². The van der Waals surface area contributed by atoms with Crippen molar-refractivity contribution in [2.75, 3.05) is 0 Å². The molecular weight excluding hydrogens is 310 g/mol. The van der Waals surface area contributed by atoms with Gasteiger partial charge < -0.3 is 4.98 Å². The molecule has 0 bridgehead atoms. The number of para-hydroxylation sites is 1. The van der Waals surface area contributed by atoms with E-state index in [9.17, 15) is 4.79 Å². The summed E-state index contributed by atoms with van der Waals surface area (Å²) in [5.41, 5.74) is 4.79. The molecule has 2 aromatic heterocycles. The fraction of sp³-hybridized carbons (Fsp3) is 0.143. The number of nitrogens with zero attached hydrogens (tertiary/aromatic N) is 2. The Morgan fingerprint density at radius 2 is 1.68 bits per heavy atom. The quantitative estimate of drug-likeness (QED) is 0.574. The normalized spacial score (nSPS) is 10.3. The van der Waals surface area contributed by atoms with Gasteiger partial charge in [0.05, 0.1) is 11.0 Å². The molecule has 4 aromatic rings. The number of aromatic amines is 1. The topological polar surface area (TPSA) is 50.7 Å². The minimum absolute atomic E-state index is 0.104. The summed E-state index contributed by atoms with van der Waals surface area (Å²) in [7, 11) is 0. The molecule has 0 radical (unpaired) electrons. The van der Waals surface area contributed by atoms with Gasteiger partial charge in [-0.2, -0.15) is 0 Å². The van der Waals surface area contributed by atoms with E-state index in [0.29, 0.717) is 0 Å². The van der Waals surface area contributed by atoms with Crippen LogP contribution >= 0.6 is 0 Å². The van der Waals surface area contributed by atoms with Gasteiger partial charge in [-0.25, -0.2) is 4.98 Å². The molecule has 4 rings (SSSR count). The Hall–Kier alpha value is -3.14. The van der Waals surface area contributed by atoms with Crippen molar-refractivity contribution in [1.82, 2.24) is 14.5 Å². The van der Waals surface area contributed by atoms with Gasteiger partial charge >= 0.3 is 0 Å². The van der Waals surface area contributed by atoms with Crippen LogP contribution in [-0.4, -0.2) is 14.5 Å². The fourth-order valence-electron chi connectivity index (χ4n) is 2.61. The number of imidazole rings is 1. The summed E-state index contributed by atoms with van der Waals surface area (Å²) in [6, 6.07) is 19.6. The van der Waals surface area contributed by atoms with Crippen molar-refractivity contribution in [1.29, 1.82) is 0 Å². The van der Waals surface area contributed by atoms with Crippen LogP contribution < -0.4 is 5.56 Å². The molecule has 25 heavy (non-hydrogen) atoms. The van der Waals surface area contributed by atoms with Crippen molar-refractivity contribution in [2.24, 2.45) is 0 Å². The molecule has 0 saturated carbocycles. The summed E-state index contributed by atoms with van der Waals surface area (Å²) in [5, 5.41) is 0. The average Bonchev–Trinajstić information content (AvgIpc) is 3.06. The Morgan fingerprint density at radius 1 is 0.960 bits per heavy atom. The largest absolute Gasteiger partial charge is 0.329 e. The van der Waals surface area contributed by atoms with E-state index < -0.39 is 0 Å². The van der Waals surface area contributed by atoms with Crippen LogP contribution in [0.1, 0.15) is 20.3 Å². The van der Waals surface area contributed by atoms with Crippen LogP contribution in [0.15, 0.2) is 78.0 Å². The molecule has 4 nitrogen and oxygen atoms in total. The molecule has 0 saturated heterocycles. The molecular formula is C21H21N3O. The molecule has 0 aliphatic carbocycles. The maximum absolute atomic E-state index is 11.4. The molecule has 0 spiro atoms. The van der Waals surface area contributed by atoms with E-state index in [4.69, 9.17) is 0 Å². The number of H-pyrrole nitrogens is 1. The number of aromatic nitrogens is 3. The maximum atomic E-state index is 11.4. The van der Waals surface area contributed by atoms with Gasteiger partial charge in [0.1, 0.15) is 6.33 Å². The third kappa shape index (κ3) is 3.69. The third-order valence-electron chi connectivity index (χ3n) is 3.69. The lowest BCUT2D eigenvalue weighted by molar-refractivity contribution is 1.09. The highest BCUT2D eigenvalue weighted by Crippen LogP contribution is 2.24. The SMILES string of the molecule is CCC.O=c1cc(-c2ccc3c(c2)ncn3-c2ccccc2)cc[nH]1. The second-order valence-corrected chi connectivity index (χ2v) is 5.80. The van der Waals surface area contributed by atoms with Crippen molar-refractivity contribution in [3.63, 3.8) is 0 Å². The molecule has 0 aliphatic rings. The third-order valence-corrected chi connectivity index (χ3v) is 3.69. The average molecular weight is 331 g/mol. The number of benzene rings is 2. The van der Waals surface area contributed by atoms with Gasteiger partial charge in [0.2, 0.25) is 5.56 Å². The van der Waals surface area contributed by atoms with Crippen LogP contribution in [-0.2, 0) is 0 Å². The molecule has 126 valence electrons. The minimum Gasteiger partial charge on any atom is -0.329 e. The van der Waals surface area contributed by atoms with E-state index in [2.05, 4.69) is 28.4 Å². The number of nitrogens with one attached hydrogen (secondary N) is 1.